The van der Waals surface area contributed by atoms with Crippen LogP contribution in [-0.4, -0.2) is 37.5 Å². The van der Waals surface area contributed by atoms with Crippen LogP contribution >= 0.6 is 0 Å². The molecule has 4 rings (SSSR count). The monoisotopic (exact) mass is 366 g/mol. The van der Waals surface area contributed by atoms with E-state index in [9.17, 15) is 4.79 Å². The first-order valence-corrected chi connectivity index (χ1v) is 9.13. The van der Waals surface area contributed by atoms with E-state index in [1.54, 1.807) is 0 Å². The normalized spacial score (nSPS) is 17.4. The molecule has 140 valence electrons. The van der Waals surface area contributed by atoms with Gasteiger partial charge in [-0.3, -0.25) is 4.79 Å². The van der Waals surface area contributed by atoms with Gasteiger partial charge in [0, 0.05) is 12.1 Å². The zero-order chi connectivity index (χ0) is 19.0. The van der Waals surface area contributed by atoms with Crippen LogP contribution in [0, 0.1) is 13.8 Å². The summed E-state index contributed by atoms with van der Waals surface area (Å²) in [6.45, 7) is 4.42. The Morgan fingerprint density at radius 1 is 1.30 bits per heavy atom. The van der Waals surface area contributed by atoms with Gasteiger partial charge in [-0.05, 0) is 45.2 Å². The summed E-state index contributed by atoms with van der Waals surface area (Å²) in [5, 5.41) is 4.68. The first kappa shape index (κ1) is 17.4. The molecule has 1 fully saturated rings. The van der Waals surface area contributed by atoms with Crippen molar-refractivity contribution < 1.29 is 9.32 Å². The van der Waals surface area contributed by atoms with Crippen LogP contribution in [0.5, 0.6) is 0 Å². The van der Waals surface area contributed by atoms with Gasteiger partial charge in [-0.2, -0.15) is 0 Å². The SMILES string of the molecule is Cc1noc(C)c1CC(=O)N1CCCC[C@@H]1c1ccc2c(N)ncnc2n1. The molecule has 0 bridgehead atoms. The average Bonchev–Trinajstić information content (AvgIpc) is 3.00. The van der Waals surface area contributed by atoms with Crippen LogP contribution in [0.25, 0.3) is 11.0 Å². The van der Waals surface area contributed by atoms with Crippen molar-refractivity contribution in [2.45, 2.75) is 45.6 Å². The second-order valence-electron chi connectivity index (χ2n) is 6.94. The minimum absolute atomic E-state index is 0.0627. The van der Waals surface area contributed by atoms with Gasteiger partial charge < -0.3 is 15.2 Å². The van der Waals surface area contributed by atoms with E-state index >= 15 is 0 Å². The smallest absolute Gasteiger partial charge is 0.227 e. The predicted molar refractivity (Wildman–Crippen MR) is 99.7 cm³/mol. The third-order valence-electron chi connectivity index (χ3n) is 5.22. The largest absolute Gasteiger partial charge is 0.383 e. The second-order valence-corrected chi connectivity index (χ2v) is 6.94. The van der Waals surface area contributed by atoms with Crippen molar-refractivity contribution in [2.24, 2.45) is 0 Å². The van der Waals surface area contributed by atoms with Gasteiger partial charge in [0.25, 0.3) is 0 Å². The predicted octanol–water partition coefficient (Wildman–Crippen LogP) is 2.51. The highest BCUT2D eigenvalue weighted by atomic mass is 16.5. The summed E-state index contributed by atoms with van der Waals surface area (Å²) in [4.78, 5) is 27.9. The third kappa shape index (κ3) is 3.22. The molecular formula is C19H22N6O2. The lowest BCUT2D eigenvalue weighted by Gasteiger charge is -2.35. The molecule has 2 N–H and O–H groups in total. The van der Waals surface area contributed by atoms with Crippen molar-refractivity contribution in [3.05, 3.63) is 41.2 Å². The van der Waals surface area contributed by atoms with E-state index in [1.165, 1.54) is 6.33 Å². The molecule has 1 atom stereocenters. The van der Waals surface area contributed by atoms with Crippen molar-refractivity contribution in [1.82, 2.24) is 25.0 Å². The highest BCUT2D eigenvalue weighted by Crippen LogP contribution is 2.32. The van der Waals surface area contributed by atoms with E-state index in [2.05, 4.69) is 20.1 Å². The van der Waals surface area contributed by atoms with E-state index < -0.39 is 0 Å². The molecule has 27 heavy (non-hydrogen) atoms. The van der Waals surface area contributed by atoms with Gasteiger partial charge in [0.05, 0.1) is 29.2 Å². The lowest BCUT2D eigenvalue weighted by molar-refractivity contribution is -0.134. The Balaban J connectivity index is 1.63. The number of rotatable bonds is 3. The van der Waals surface area contributed by atoms with E-state index in [-0.39, 0.29) is 11.9 Å². The Morgan fingerprint density at radius 3 is 2.93 bits per heavy atom. The number of nitrogen functional groups attached to an aromatic ring is 1. The van der Waals surface area contributed by atoms with E-state index in [4.69, 9.17) is 10.3 Å². The van der Waals surface area contributed by atoms with Crippen LogP contribution in [0.2, 0.25) is 0 Å². The Kier molecular flexibility index (Phi) is 4.47. The number of aromatic nitrogens is 4. The minimum atomic E-state index is -0.0627. The highest BCUT2D eigenvalue weighted by molar-refractivity contribution is 5.85. The number of piperidine rings is 1. The van der Waals surface area contributed by atoms with Crippen LogP contribution < -0.4 is 5.73 Å². The molecule has 4 heterocycles. The number of fused-ring (bicyclic) bond motifs is 1. The van der Waals surface area contributed by atoms with Gasteiger partial charge in [-0.25, -0.2) is 15.0 Å². The molecular weight excluding hydrogens is 344 g/mol. The van der Waals surface area contributed by atoms with Crippen LogP contribution in [0.1, 0.15) is 48.0 Å². The molecule has 0 radical (unpaired) electrons. The molecule has 0 aromatic carbocycles. The van der Waals surface area contributed by atoms with E-state index in [0.29, 0.717) is 23.6 Å². The fraction of sp³-hybridized carbons (Fsp3) is 0.421. The topological polar surface area (TPSA) is 111 Å². The van der Waals surface area contributed by atoms with E-state index in [1.807, 2.05) is 30.9 Å². The number of aryl methyl sites for hydroxylation is 2. The summed E-state index contributed by atoms with van der Waals surface area (Å²) < 4.78 is 5.20. The molecule has 3 aromatic rings. The number of amides is 1. The molecule has 0 saturated carbocycles. The number of nitrogens with zero attached hydrogens (tertiary/aromatic N) is 5. The molecule has 1 amide bonds. The average molecular weight is 366 g/mol. The van der Waals surface area contributed by atoms with E-state index in [0.717, 1.165) is 48.1 Å². The molecule has 3 aromatic heterocycles. The number of hydrogen-bond donors (Lipinski definition) is 1. The van der Waals surface area contributed by atoms with Gasteiger partial charge in [0.15, 0.2) is 5.65 Å². The number of carbonyl (C=O) groups is 1. The Labute approximate surface area is 156 Å². The Hall–Kier alpha value is -3.03. The van der Waals surface area contributed by atoms with Gasteiger partial charge in [-0.15, -0.1) is 0 Å². The van der Waals surface area contributed by atoms with Crippen molar-refractivity contribution >= 4 is 22.8 Å². The zero-order valence-corrected chi connectivity index (χ0v) is 15.5. The van der Waals surface area contributed by atoms with Crippen LogP contribution in [-0.2, 0) is 11.2 Å². The fourth-order valence-electron chi connectivity index (χ4n) is 3.71. The molecule has 1 aliphatic heterocycles. The summed E-state index contributed by atoms with van der Waals surface area (Å²) in [5.74, 6) is 1.18. The minimum Gasteiger partial charge on any atom is -0.383 e. The maximum atomic E-state index is 13.1. The van der Waals surface area contributed by atoms with Crippen molar-refractivity contribution in [1.29, 1.82) is 0 Å². The zero-order valence-electron chi connectivity index (χ0n) is 15.5. The molecule has 8 nitrogen and oxygen atoms in total. The molecule has 0 spiro atoms. The maximum Gasteiger partial charge on any atom is 0.227 e. The number of likely N-dealkylation sites (tertiary alicyclic amines) is 1. The van der Waals surface area contributed by atoms with Gasteiger partial charge in [-0.1, -0.05) is 5.16 Å². The number of carbonyl (C=O) groups excluding carboxylic acids is 1. The molecule has 1 saturated heterocycles. The maximum absolute atomic E-state index is 13.1. The number of hydrogen-bond acceptors (Lipinski definition) is 7. The fourth-order valence-corrected chi connectivity index (χ4v) is 3.71. The highest BCUT2D eigenvalue weighted by Gasteiger charge is 2.30. The summed E-state index contributed by atoms with van der Waals surface area (Å²) in [7, 11) is 0. The number of nitrogens with two attached hydrogens (primary N) is 1. The Bertz CT molecular complexity index is 980. The molecule has 0 aliphatic carbocycles. The van der Waals surface area contributed by atoms with Crippen LogP contribution in [0.3, 0.4) is 0 Å². The number of anilines is 1. The number of pyridine rings is 1. The van der Waals surface area contributed by atoms with Crippen molar-refractivity contribution in [3.8, 4) is 0 Å². The Morgan fingerprint density at radius 2 is 2.15 bits per heavy atom. The summed E-state index contributed by atoms with van der Waals surface area (Å²) in [6.07, 6.45) is 4.64. The standard InChI is InChI=1S/C19H22N6O2/c1-11-14(12(2)27-24-11)9-17(26)25-8-4-3-5-16(25)15-7-6-13-18(20)21-10-22-19(13)23-15/h6-7,10,16H,3-5,8-9H2,1-2H3,(H2,20,21,22,23)/t16-/m1/s1. The first-order chi connectivity index (χ1) is 13.0. The van der Waals surface area contributed by atoms with Crippen molar-refractivity contribution in [2.75, 3.05) is 12.3 Å². The second kappa shape index (κ2) is 6.94. The summed E-state index contributed by atoms with van der Waals surface area (Å²) >= 11 is 0. The van der Waals surface area contributed by atoms with Gasteiger partial charge in [0.2, 0.25) is 5.91 Å². The molecule has 1 aliphatic rings. The summed E-state index contributed by atoms with van der Waals surface area (Å²) in [6, 6.07) is 3.75. The molecule has 0 unspecified atom stereocenters. The first-order valence-electron chi connectivity index (χ1n) is 9.13. The lowest BCUT2D eigenvalue weighted by Crippen LogP contribution is -2.39. The van der Waals surface area contributed by atoms with Gasteiger partial charge >= 0.3 is 0 Å². The third-order valence-corrected chi connectivity index (χ3v) is 5.22. The lowest BCUT2D eigenvalue weighted by atomic mass is 9.97. The van der Waals surface area contributed by atoms with Crippen LogP contribution in [0.15, 0.2) is 23.0 Å². The summed E-state index contributed by atoms with van der Waals surface area (Å²) in [5.41, 5.74) is 8.93. The van der Waals surface area contributed by atoms with Crippen molar-refractivity contribution in [3.63, 3.8) is 0 Å². The molecule has 8 heteroatoms. The van der Waals surface area contributed by atoms with Gasteiger partial charge in [0.1, 0.15) is 17.9 Å². The van der Waals surface area contributed by atoms with Crippen LogP contribution in [0.4, 0.5) is 5.82 Å². The quantitative estimate of drug-likeness (QED) is 0.758.